The molecule has 1 heterocycles. The van der Waals surface area contributed by atoms with E-state index in [2.05, 4.69) is 41.4 Å². The van der Waals surface area contributed by atoms with Gasteiger partial charge < -0.3 is 24.4 Å². The topological polar surface area (TPSA) is 43.0 Å². The number of aryl methyl sites for hydroxylation is 1. The Labute approximate surface area is 172 Å². The molecule has 2 aromatic carbocycles. The Kier molecular flexibility index (Phi) is 7.12. The summed E-state index contributed by atoms with van der Waals surface area (Å²) in [4.78, 5) is 2.17. The van der Waals surface area contributed by atoms with E-state index in [4.69, 9.17) is 26.4 Å². The highest BCUT2D eigenvalue weighted by atomic mass is 32.1. The fourth-order valence-corrected chi connectivity index (χ4v) is 3.63. The molecular formula is C22H28N2O3S. The maximum atomic E-state index is 5.85. The fraction of sp³-hybridized carbons (Fsp3) is 0.409. The van der Waals surface area contributed by atoms with Crippen LogP contribution >= 0.6 is 12.2 Å². The molecule has 1 saturated heterocycles. The number of hydrogen-bond donors (Lipinski definition) is 1. The van der Waals surface area contributed by atoms with Crippen LogP contribution in [0.15, 0.2) is 42.5 Å². The van der Waals surface area contributed by atoms with Gasteiger partial charge in [-0.1, -0.05) is 29.8 Å². The lowest BCUT2D eigenvalue weighted by atomic mass is 10.1. The lowest BCUT2D eigenvalue weighted by Gasteiger charge is -2.29. The van der Waals surface area contributed by atoms with Crippen molar-refractivity contribution in [3.63, 3.8) is 0 Å². The summed E-state index contributed by atoms with van der Waals surface area (Å²) >= 11 is 5.77. The molecule has 1 unspecified atom stereocenters. The molecule has 150 valence electrons. The van der Waals surface area contributed by atoms with Crippen LogP contribution in [0.5, 0.6) is 11.5 Å². The van der Waals surface area contributed by atoms with Crippen LogP contribution in [0.1, 0.15) is 24.0 Å². The van der Waals surface area contributed by atoms with Gasteiger partial charge in [0.2, 0.25) is 0 Å². The first-order chi connectivity index (χ1) is 13.6. The third kappa shape index (κ3) is 5.36. The van der Waals surface area contributed by atoms with Gasteiger partial charge in [-0.05, 0) is 49.7 Å². The van der Waals surface area contributed by atoms with Crippen molar-refractivity contribution in [1.82, 2.24) is 4.90 Å². The van der Waals surface area contributed by atoms with Crippen LogP contribution in [-0.4, -0.2) is 43.5 Å². The quantitative estimate of drug-likeness (QED) is 0.696. The molecular weight excluding hydrogens is 372 g/mol. The van der Waals surface area contributed by atoms with E-state index >= 15 is 0 Å². The fourth-order valence-electron chi connectivity index (χ4n) is 3.38. The zero-order valence-corrected chi connectivity index (χ0v) is 17.6. The van der Waals surface area contributed by atoms with Gasteiger partial charge in [0, 0.05) is 25.8 Å². The van der Waals surface area contributed by atoms with Gasteiger partial charge in [-0.25, -0.2) is 0 Å². The minimum absolute atomic E-state index is 0.210. The van der Waals surface area contributed by atoms with Crippen molar-refractivity contribution in [2.75, 3.05) is 32.7 Å². The third-order valence-electron chi connectivity index (χ3n) is 4.84. The van der Waals surface area contributed by atoms with Crippen molar-refractivity contribution in [1.29, 1.82) is 0 Å². The molecule has 0 aliphatic carbocycles. The number of ether oxygens (including phenoxy) is 3. The largest absolute Gasteiger partial charge is 0.497 e. The first-order valence-electron chi connectivity index (χ1n) is 9.54. The molecule has 3 rings (SSSR count). The molecule has 6 heteroatoms. The van der Waals surface area contributed by atoms with E-state index in [0.29, 0.717) is 10.9 Å². The van der Waals surface area contributed by atoms with Crippen molar-refractivity contribution < 1.29 is 14.2 Å². The first kappa shape index (κ1) is 20.4. The van der Waals surface area contributed by atoms with Gasteiger partial charge in [-0.15, -0.1) is 0 Å². The predicted molar refractivity (Wildman–Crippen MR) is 116 cm³/mol. The molecule has 1 aliphatic rings. The van der Waals surface area contributed by atoms with Gasteiger partial charge in [0.05, 0.1) is 26.0 Å². The zero-order valence-electron chi connectivity index (χ0n) is 16.7. The molecule has 0 aromatic heterocycles. The first-order valence-corrected chi connectivity index (χ1v) is 9.95. The van der Waals surface area contributed by atoms with Gasteiger partial charge in [0.1, 0.15) is 11.5 Å². The van der Waals surface area contributed by atoms with Crippen LogP contribution in [0.3, 0.4) is 0 Å². The van der Waals surface area contributed by atoms with E-state index < -0.39 is 0 Å². The van der Waals surface area contributed by atoms with Crippen LogP contribution in [0.4, 0.5) is 5.69 Å². The van der Waals surface area contributed by atoms with Crippen molar-refractivity contribution in [3.05, 3.63) is 53.6 Å². The maximum absolute atomic E-state index is 5.85. The maximum Gasteiger partial charge on any atom is 0.173 e. The number of benzene rings is 2. The average molecular weight is 401 g/mol. The Bertz CT molecular complexity index is 806. The number of hydrogen-bond acceptors (Lipinski definition) is 4. The molecule has 2 aromatic rings. The number of nitrogens with one attached hydrogen (secondary N) is 1. The summed E-state index contributed by atoms with van der Waals surface area (Å²) in [6.07, 6.45) is 2.39. The Balaban J connectivity index is 1.77. The highest BCUT2D eigenvalue weighted by Crippen LogP contribution is 2.29. The SMILES string of the molecule is COc1ccc(NC(=S)N(Cc2cccc(C)c2)CC2CCCO2)c(OC)c1. The Morgan fingerprint density at radius 2 is 2.07 bits per heavy atom. The van der Waals surface area contributed by atoms with Gasteiger partial charge in [0.15, 0.2) is 5.11 Å². The zero-order chi connectivity index (χ0) is 19.9. The molecule has 0 saturated carbocycles. The molecule has 1 aliphatic heterocycles. The summed E-state index contributed by atoms with van der Waals surface area (Å²) in [6.45, 7) is 4.42. The minimum Gasteiger partial charge on any atom is -0.497 e. The smallest absolute Gasteiger partial charge is 0.173 e. The predicted octanol–water partition coefficient (Wildman–Crippen LogP) is 4.39. The monoisotopic (exact) mass is 400 g/mol. The summed E-state index contributed by atoms with van der Waals surface area (Å²) in [5.74, 6) is 1.43. The van der Waals surface area contributed by atoms with Crippen LogP contribution in [0.2, 0.25) is 0 Å². The summed E-state index contributed by atoms with van der Waals surface area (Å²) in [7, 11) is 3.28. The second kappa shape index (κ2) is 9.75. The van der Waals surface area contributed by atoms with E-state index in [1.807, 2.05) is 18.2 Å². The van der Waals surface area contributed by atoms with Gasteiger partial charge in [0.25, 0.3) is 0 Å². The van der Waals surface area contributed by atoms with Crippen LogP contribution in [0, 0.1) is 6.92 Å². The van der Waals surface area contributed by atoms with E-state index in [9.17, 15) is 0 Å². The summed E-state index contributed by atoms with van der Waals surface area (Å²) in [6, 6.07) is 14.2. The third-order valence-corrected chi connectivity index (χ3v) is 5.20. The number of methoxy groups -OCH3 is 2. The molecule has 0 bridgehead atoms. The second-order valence-corrected chi connectivity index (χ2v) is 7.39. The number of rotatable bonds is 7. The van der Waals surface area contributed by atoms with Crippen LogP contribution in [0.25, 0.3) is 0 Å². The van der Waals surface area contributed by atoms with E-state index in [-0.39, 0.29) is 6.10 Å². The van der Waals surface area contributed by atoms with Crippen molar-refractivity contribution in [2.45, 2.75) is 32.4 Å². The Morgan fingerprint density at radius 3 is 2.75 bits per heavy atom. The van der Waals surface area contributed by atoms with E-state index in [0.717, 1.165) is 44.0 Å². The molecule has 0 radical (unpaired) electrons. The molecule has 5 nitrogen and oxygen atoms in total. The Hall–Kier alpha value is -2.31. The lowest BCUT2D eigenvalue weighted by molar-refractivity contribution is 0.0905. The summed E-state index contributed by atoms with van der Waals surface area (Å²) < 4.78 is 16.6. The van der Waals surface area contributed by atoms with Gasteiger partial charge in [-0.3, -0.25) is 0 Å². The molecule has 1 atom stereocenters. The highest BCUT2D eigenvalue weighted by Gasteiger charge is 2.22. The van der Waals surface area contributed by atoms with Gasteiger partial charge >= 0.3 is 0 Å². The van der Waals surface area contributed by atoms with E-state index in [1.54, 1.807) is 14.2 Å². The Morgan fingerprint density at radius 1 is 1.21 bits per heavy atom. The standard InChI is InChI=1S/C22H28N2O3S/c1-16-6-4-7-17(12-16)14-24(15-19-8-5-11-27-19)22(28)23-20-10-9-18(25-2)13-21(20)26-3/h4,6-7,9-10,12-13,19H,5,8,11,14-15H2,1-3H3,(H,23,28). The summed E-state index contributed by atoms with van der Waals surface area (Å²) in [5, 5.41) is 4.00. The normalized spacial score (nSPS) is 15.9. The van der Waals surface area contributed by atoms with Gasteiger partial charge in [-0.2, -0.15) is 0 Å². The molecule has 28 heavy (non-hydrogen) atoms. The lowest BCUT2D eigenvalue weighted by Crippen LogP contribution is -2.39. The number of nitrogens with zero attached hydrogens (tertiary/aromatic N) is 1. The minimum atomic E-state index is 0.210. The molecule has 1 fully saturated rings. The van der Waals surface area contributed by atoms with Crippen molar-refractivity contribution in [3.8, 4) is 11.5 Å². The van der Waals surface area contributed by atoms with Crippen LogP contribution in [-0.2, 0) is 11.3 Å². The van der Waals surface area contributed by atoms with Crippen molar-refractivity contribution >= 4 is 23.0 Å². The molecule has 0 spiro atoms. The highest BCUT2D eigenvalue weighted by molar-refractivity contribution is 7.80. The summed E-state index contributed by atoms with van der Waals surface area (Å²) in [5.41, 5.74) is 3.28. The van der Waals surface area contributed by atoms with Crippen molar-refractivity contribution in [2.24, 2.45) is 0 Å². The number of anilines is 1. The molecule has 0 amide bonds. The van der Waals surface area contributed by atoms with Crippen LogP contribution < -0.4 is 14.8 Å². The average Bonchev–Trinajstić information content (AvgIpc) is 3.21. The molecule has 1 N–H and O–H groups in total. The van der Waals surface area contributed by atoms with E-state index in [1.165, 1.54) is 11.1 Å². The number of thiocarbonyl (C=S) groups is 1. The second-order valence-electron chi connectivity index (χ2n) is 7.00.